The number of likely N-dealkylation sites (N-methyl/N-ethyl adjacent to an activating group) is 1. The van der Waals surface area contributed by atoms with Crippen LogP contribution in [-0.2, 0) is 6.54 Å². The molecule has 0 spiro atoms. The number of nitrogens with zero attached hydrogens (tertiary/aromatic N) is 2. The Morgan fingerprint density at radius 1 is 1.44 bits per heavy atom. The molecule has 0 bridgehead atoms. The minimum absolute atomic E-state index is 0.536. The van der Waals surface area contributed by atoms with Crippen molar-refractivity contribution in [2.24, 2.45) is 0 Å². The SMILES string of the molecule is CCN(Cc1ccc(N)nc1)CC(C)(C)O. The van der Waals surface area contributed by atoms with E-state index in [0.29, 0.717) is 12.4 Å². The van der Waals surface area contributed by atoms with Crippen molar-refractivity contribution < 1.29 is 5.11 Å². The van der Waals surface area contributed by atoms with Gasteiger partial charge in [-0.05, 0) is 32.0 Å². The van der Waals surface area contributed by atoms with E-state index in [1.54, 1.807) is 12.3 Å². The lowest BCUT2D eigenvalue weighted by atomic mass is 10.1. The van der Waals surface area contributed by atoms with Crippen LogP contribution < -0.4 is 5.73 Å². The Balaban J connectivity index is 2.60. The second-order valence-electron chi connectivity index (χ2n) is 4.71. The van der Waals surface area contributed by atoms with Crippen molar-refractivity contribution in [2.75, 3.05) is 18.8 Å². The second-order valence-corrected chi connectivity index (χ2v) is 4.71. The fourth-order valence-electron chi connectivity index (χ4n) is 1.61. The quantitative estimate of drug-likeness (QED) is 0.789. The molecule has 0 aliphatic rings. The Morgan fingerprint density at radius 2 is 2.12 bits per heavy atom. The lowest BCUT2D eigenvalue weighted by Crippen LogP contribution is -2.38. The first-order valence-electron chi connectivity index (χ1n) is 5.56. The summed E-state index contributed by atoms with van der Waals surface area (Å²) in [5.41, 5.74) is 5.97. The minimum Gasteiger partial charge on any atom is -0.389 e. The summed E-state index contributed by atoms with van der Waals surface area (Å²) in [6.45, 7) is 8.04. The molecule has 0 radical (unpaired) electrons. The molecule has 0 aromatic carbocycles. The summed E-state index contributed by atoms with van der Waals surface area (Å²) in [4.78, 5) is 6.23. The molecular weight excluding hydrogens is 202 g/mol. The normalized spacial score (nSPS) is 12.1. The van der Waals surface area contributed by atoms with Crippen LogP contribution in [0.1, 0.15) is 26.3 Å². The molecule has 1 aromatic rings. The first kappa shape index (κ1) is 12.9. The van der Waals surface area contributed by atoms with Gasteiger partial charge in [-0.3, -0.25) is 4.90 Å². The van der Waals surface area contributed by atoms with Gasteiger partial charge in [0.05, 0.1) is 5.60 Å². The Morgan fingerprint density at radius 3 is 2.56 bits per heavy atom. The van der Waals surface area contributed by atoms with Gasteiger partial charge in [0.15, 0.2) is 0 Å². The molecule has 4 nitrogen and oxygen atoms in total. The summed E-state index contributed by atoms with van der Waals surface area (Å²) in [5.74, 6) is 0.536. The molecule has 1 rings (SSSR count). The Hall–Kier alpha value is -1.13. The number of nitrogens with two attached hydrogens (primary N) is 1. The smallest absolute Gasteiger partial charge is 0.123 e. The summed E-state index contributed by atoms with van der Waals surface area (Å²) in [6, 6.07) is 3.77. The zero-order valence-corrected chi connectivity index (χ0v) is 10.3. The Labute approximate surface area is 97.1 Å². The maximum absolute atomic E-state index is 9.76. The fraction of sp³-hybridized carbons (Fsp3) is 0.583. The third-order valence-electron chi connectivity index (χ3n) is 2.31. The number of hydrogen-bond acceptors (Lipinski definition) is 4. The van der Waals surface area contributed by atoms with E-state index in [1.807, 2.05) is 19.9 Å². The molecule has 0 aliphatic heterocycles. The Bertz CT molecular complexity index is 316. The fourth-order valence-corrected chi connectivity index (χ4v) is 1.61. The first-order valence-corrected chi connectivity index (χ1v) is 5.56. The van der Waals surface area contributed by atoms with Gasteiger partial charge in [0.2, 0.25) is 0 Å². The van der Waals surface area contributed by atoms with Crippen LogP contribution in [0.5, 0.6) is 0 Å². The summed E-state index contributed by atoms with van der Waals surface area (Å²) in [7, 11) is 0. The van der Waals surface area contributed by atoms with Gasteiger partial charge in [0.1, 0.15) is 5.82 Å². The van der Waals surface area contributed by atoms with Gasteiger partial charge >= 0.3 is 0 Å². The maximum Gasteiger partial charge on any atom is 0.123 e. The molecule has 16 heavy (non-hydrogen) atoms. The average molecular weight is 223 g/mol. The molecule has 0 amide bonds. The van der Waals surface area contributed by atoms with Crippen molar-refractivity contribution in [3.8, 4) is 0 Å². The molecule has 0 atom stereocenters. The molecule has 4 heteroatoms. The van der Waals surface area contributed by atoms with Crippen LogP contribution in [0.3, 0.4) is 0 Å². The zero-order chi connectivity index (χ0) is 12.2. The topological polar surface area (TPSA) is 62.4 Å². The minimum atomic E-state index is -0.669. The molecule has 1 heterocycles. The zero-order valence-electron chi connectivity index (χ0n) is 10.3. The second kappa shape index (κ2) is 5.27. The predicted molar refractivity (Wildman–Crippen MR) is 65.9 cm³/mol. The van der Waals surface area contributed by atoms with Crippen molar-refractivity contribution in [2.45, 2.75) is 32.9 Å². The van der Waals surface area contributed by atoms with Crippen LogP contribution in [0, 0.1) is 0 Å². The van der Waals surface area contributed by atoms with Gasteiger partial charge in [0, 0.05) is 19.3 Å². The number of rotatable bonds is 5. The Kier molecular flexibility index (Phi) is 4.26. The van der Waals surface area contributed by atoms with E-state index in [4.69, 9.17) is 5.73 Å². The van der Waals surface area contributed by atoms with Gasteiger partial charge in [0.25, 0.3) is 0 Å². The van der Waals surface area contributed by atoms with E-state index in [-0.39, 0.29) is 0 Å². The number of anilines is 1. The van der Waals surface area contributed by atoms with Crippen molar-refractivity contribution >= 4 is 5.82 Å². The third kappa shape index (κ3) is 4.59. The van der Waals surface area contributed by atoms with Crippen LogP contribution in [0.25, 0.3) is 0 Å². The molecule has 1 aromatic heterocycles. The largest absolute Gasteiger partial charge is 0.389 e. The maximum atomic E-state index is 9.76. The molecule has 0 saturated heterocycles. The molecule has 0 fully saturated rings. The van der Waals surface area contributed by atoms with E-state index in [2.05, 4.69) is 16.8 Å². The third-order valence-corrected chi connectivity index (χ3v) is 2.31. The van der Waals surface area contributed by atoms with E-state index in [9.17, 15) is 5.11 Å². The standard InChI is InChI=1S/C12H21N3O/c1-4-15(9-12(2,3)16)8-10-5-6-11(13)14-7-10/h5-7,16H,4,8-9H2,1-3H3,(H2,13,14). The van der Waals surface area contributed by atoms with Crippen LogP contribution in [0.2, 0.25) is 0 Å². The van der Waals surface area contributed by atoms with E-state index >= 15 is 0 Å². The monoisotopic (exact) mass is 223 g/mol. The van der Waals surface area contributed by atoms with Crippen LogP contribution >= 0.6 is 0 Å². The highest BCUT2D eigenvalue weighted by Gasteiger charge is 2.17. The van der Waals surface area contributed by atoms with Crippen molar-refractivity contribution in [3.63, 3.8) is 0 Å². The van der Waals surface area contributed by atoms with E-state index in [0.717, 1.165) is 18.7 Å². The van der Waals surface area contributed by atoms with Crippen LogP contribution in [0.4, 0.5) is 5.82 Å². The highest BCUT2D eigenvalue weighted by molar-refractivity contribution is 5.29. The van der Waals surface area contributed by atoms with Gasteiger partial charge in [-0.15, -0.1) is 0 Å². The number of aliphatic hydroxyl groups is 1. The van der Waals surface area contributed by atoms with E-state index in [1.165, 1.54) is 0 Å². The highest BCUT2D eigenvalue weighted by Crippen LogP contribution is 2.10. The van der Waals surface area contributed by atoms with Crippen molar-refractivity contribution in [1.82, 2.24) is 9.88 Å². The van der Waals surface area contributed by atoms with Gasteiger partial charge in [-0.25, -0.2) is 4.98 Å². The first-order chi connectivity index (χ1) is 7.40. The van der Waals surface area contributed by atoms with Crippen molar-refractivity contribution in [1.29, 1.82) is 0 Å². The number of hydrogen-bond donors (Lipinski definition) is 2. The summed E-state index contributed by atoms with van der Waals surface area (Å²) < 4.78 is 0. The predicted octanol–water partition coefficient (Wildman–Crippen LogP) is 1.26. The number of pyridine rings is 1. The molecular formula is C12H21N3O. The van der Waals surface area contributed by atoms with Gasteiger partial charge < -0.3 is 10.8 Å². The lowest BCUT2D eigenvalue weighted by Gasteiger charge is -2.27. The van der Waals surface area contributed by atoms with Crippen LogP contribution in [0.15, 0.2) is 18.3 Å². The molecule has 0 aliphatic carbocycles. The summed E-state index contributed by atoms with van der Waals surface area (Å²) in [5, 5.41) is 9.76. The molecule has 0 unspecified atom stereocenters. The summed E-state index contributed by atoms with van der Waals surface area (Å²) in [6.07, 6.45) is 1.78. The van der Waals surface area contributed by atoms with Crippen molar-refractivity contribution in [3.05, 3.63) is 23.9 Å². The van der Waals surface area contributed by atoms with Gasteiger partial charge in [-0.2, -0.15) is 0 Å². The number of aromatic nitrogens is 1. The lowest BCUT2D eigenvalue weighted by molar-refractivity contribution is 0.0353. The highest BCUT2D eigenvalue weighted by atomic mass is 16.3. The van der Waals surface area contributed by atoms with Gasteiger partial charge in [-0.1, -0.05) is 13.0 Å². The number of nitrogen functional groups attached to an aromatic ring is 1. The van der Waals surface area contributed by atoms with E-state index < -0.39 is 5.60 Å². The molecule has 0 saturated carbocycles. The molecule has 3 N–H and O–H groups in total. The summed E-state index contributed by atoms with van der Waals surface area (Å²) >= 11 is 0. The molecule has 90 valence electrons. The van der Waals surface area contributed by atoms with Crippen LogP contribution in [-0.4, -0.2) is 33.7 Å². The average Bonchev–Trinajstić information content (AvgIpc) is 2.18.